The molecule has 1 aromatic heterocycles. The Hall–Kier alpha value is -2.73. The zero-order chi connectivity index (χ0) is 18.0. The molecule has 0 saturated heterocycles. The van der Waals surface area contributed by atoms with Crippen molar-refractivity contribution < 1.29 is 9.18 Å². The molecular weight excluding hydrogens is 337 g/mol. The van der Waals surface area contributed by atoms with Crippen molar-refractivity contribution in [3.63, 3.8) is 0 Å². The first-order valence-electron chi connectivity index (χ1n) is 7.81. The van der Waals surface area contributed by atoms with Crippen molar-refractivity contribution in [1.82, 2.24) is 4.98 Å². The molecule has 128 valence electrons. The number of halogens is 1. The van der Waals surface area contributed by atoms with Gasteiger partial charge in [0.15, 0.2) is 5.13 Å². The van der Waals surface area contributed by atoms with E-state index < -0.39 is 0 Å². The van der Waals surface area contributed by atoms with E-state index in [0.717, 1.165) is 5.69 Å². The highest BCUT2D eigenvalue weighted by Gasteiger charge is 2.16. The quantitative estimate of drug-likeness (QED) is 0.676. The molecule has 6 heteroatoms. The lowest BCUT2D eigenvalue weighted by Crippen LogP contribution is -2.11. The van der Waals surface area contributed by atoms with Crippen molar-refractivity contribution in [1.29, 1.82) is 0 Å². The minimum absolute atomic E-state index is 0.252. The zero-order valence-corrected chi connectivity index (χ0v) is 15.0. The van der Waals surface area contributed by atoms with Crippen LogP contribution in [0.25, 0.3) is 0 Å². The zero-order valence-electron chi connectivity index (χ0n) is 14.2. The molecule has 3 rings (SSSR count). The summed E-state index contributed by atoms with van der Waals surface area (Å²) in [5.41, 5.74) is 3.79. The topological polar surface area (TPSA) is 54.0 Å². The molecule has 0 bridgehead atoms. The van der Waals surface area contributed by atoms with Gasteiger partial charge in [0, 0.05) is 11.4 Å². The van der Waals surface area contributed by atoms with Crippen LogP contribution in [0.5, 0.6) is 0 Å². The molecule has 2 N–H and O–H groups in total. The largest absolute Gasteiger partial charge is 0.332 e. The lowest BCUT2D eigenvalue weighted by atomic mass is 10.2. The number of hydrogen-bond donors (Lipinski definition) is 2. The highest BCUT2D eigenvalue weighted by atomic mass is 32.1. The normalized spacial score (nSPS) is 10.6. The monoisotopic (exact) mass is 355 g/mol. The first kappa shape index (κ1) is 17.1. The Morgan fingerprint density at radius 1 is 1.04 bits per heavy atom. The Morgan fingerprint density at radius 2 is 1.72 bits per heavy atom. The molecule has 3 aromatic rings. The number of thiazole rings is 1. The summed E-state index contributed by atoms with van der Waals surface area (Å²) in [5.74, 6) is -0.547. The molecule has 0 unspecified atom stereocenters. The molecule has 0 atom stereocenters. The highest BCUT2D eigenvalue weighted by Crippen LogP contribution is 2.27. The predicted octanol–water partition coefficient (Wildman–Crippen LogP) is 5.20. The summed E-state index contributed by atoms with van der Waals surface area (Å²) in [6, 6.07) is 12.4. The van der Waals surface area contributed by atoms with Crippen LogP contribution in [0.1, 0.15) is 26.5 Å². The molecule has 25 heavy (non-hydrogen) atoms. The highest BCUT2D eigenvalue weighted by molar-refractivity contribution is 7.17. The van der Waals surface area contributed by atoms with E-state index in [4.69, 9.17) is 0 Å². The molecule has 0 saturated carbocycles. The van der Waals surface area contributed by atoms with Crippen LogP contribution >= 0.6 is 11.3 Å². The Labute approximate surface area is 149 Å². The van der Waals surface area contributed by atoms with Crippen LogP contribution in [0.15, 0.2) is 42.5 Å². The molecule has 0 fully saturated rings. The van der Waals surface area contributed by atoms with E-state index in [1.54, 1.807) is 26.0 Å². The van der Waals surface area contributed by atoms with Gasteiger partial charge in [0.25, 0.3) is 5.91 Å². The molecule has 2 aromatic carbocycles. The summed E-state index contributed by atoms with van der Waals surface area (Å²) in [7, 11) is 0. The predicted molar refractivity (Wildman–Crippen MR) is 100 cm³/mol. The number of aryl methyl sites for hydroxylation is 3. The van der Waals surface area contributed by atoms with Crippen LogP contribution in [0.4, 0.5) is 20.9 Å². The Balaban J connectivity index is 1.75. The third-order valence-electron chi connectivity index (χ3n) is 3.72. The van der Waals surface area contributed by atoms with Crippen molar-refractivity contribution in [2.24, 2.45) is 0 Å². The molecule has 0 aliphatic heterocycles. The van der Waals surface area contributed by atoms with Crippen molar-refractivity contribution >= 4 is 33.8 Å². The van der Waals surface area contributed by atoms with Gasteiger partial charge < -0.3 is 10.6 Å². The van der Waals surface area contributed by atoms with Crippen molar-refractivity contribution in [2.45, 2.75) is 20.8 Å². The van der Waals surface area contributed by atoms with Crippen LogP contribution in [-0.4, -0.2) is 10.9 Å². The van der Waals surface area contributed by atoms with Gasteiger partial charge in [-0.1, -0.05) is 29.0 Å². The number of anilines is 3. The number of benzene rings is 2. The van der Waals surface area contributed by atoms with Gasteiger partial charge >= 0.3 is 0 Å². The summed E-state index contributed by atoms with van der Waals surface area (Å²) in [6.45, 7) is 5.48. The van der Waals surface area contributed by atoms with Crippen LogP contribution in [0.2, 0.25) is 0 Å². The van der Waals surface area contributed by atoms with Crippen molar-refractivity contribution in [3.05, 3.63) is 70.0 Å². The van der Waals surface area contributed by atoms with E-state index in [-0.39, 0.29) is 11.7 Å². The molecule has 1 amide bonds. The van der Waals surface area contributed by atoms with Crippen molar-refractivity contribution in [3.8, 4) is 0 Å². The van der Waals surface area contributed by atoms with Gasteiger partial charge in [-0.2, -0.15) is 0 Å². The molecule has 0 radical (unpaired) electrons. The maximum absolute atomic E-state index is 13.3. The minimum Gasteiger partial charge on any atom is -0.332 e. The third-order valence-corrected chi connectivity index (χ3v) is 4.79. The molecule has 0 aliphatic carbocycles. The fourth-order valence-corrected chi connectivity index (χ4v) is 3.21. The fraction of sp³-hybridized carbons (Fsp3) is 0.158. The second kappa shape index (κ2) is 7.03. The summed E-state index contributed by atoms with van der Waals surface area (Å²) in [6.07, 6.45) is 0. The Kier molecular flexibility index (Phi) is 4.81. The maximum atomic E-state index is 13.3. The minimum atomic E-state index is -0.295. The number of amides is 1. The molecule has 1 heterocycles. The first-order valence-corrected chi connectivity index (χ1v) is 8.62. The van der Waals surface area contributed by atoms with E-state index in [1.807, 2.05) is 31.2 Å². The van der Waals surface area contributed by atoms with Gasteiger partial charge in [0.1, 0.15) is 10.7 Å². The number of hydrogen-bond acceptors (Lipinski definition) is 4. The van der Waals surface area contributed by atoms with Crippen LogP contribution in [0, 0.1) is 26.6 Å². The van der Waals surface area contributed by atoms with Gasteiger partial charge in [-0.15, -0.1) is 0 Å². The van der Waals surface area contributed by atoms with E-state index in [9.17, 15) is 9.18 Å². The number of rotatable bonds is 4. The first-order chi connectivity index (χ1) is 11.9. The third kappa shape index (κ3) is 4.03. The van der Waals surface area contributed by atoms with E-state index in [1.165, 1.54) is 23.0 Å². The molecule has 0 spiro atoms. The Bertz CT molecular complexity index is 919. The number of carbonyl (C=O) groups excluding carboxylic acids is 1. The average Bonchev–Trinajstić information content (AvgIpc) is 2.94. The average molecular weight is 355 g/mol. The second-order valence-electron chi connectivity index (χ2n) is 5.84. The molecular formula is C19H18FN3OS. The fourth-order valence-electron chi connectivity index (χ4n) is 2.33. The van der Waals surface area contributed by atoms with Gasteiger partial charge in [-0.3, -0.25) is 4.79 Å². The van der Waals surface area contributed by atoms with E-state index >= 15 is 0 Å². The van der Waals surface area contributed by atoms with Crippen LogP contribution in [0.3, 0.4) is 0 Å². The van der Waals surface area contributed by atoms with Gasteiger partial charge in [0.05, 0.1) is 5.69 Å². The van der Waals surface area contributed by atoms with Gasteiger partial charge in [0.2, 0.25) is 0 Å². The van der Waals surface area contributed by atoms with Crippen molar-refractivity contribution in [2.75, 3.05) is 10.6 Å². The number of nitrogens with one attached hydrogen (secondary N) is 2. The van der Waals surface area contributed by atoms with Gasteiger partial charge in [-0.25, -0.2) is 9.37 Å². The van der Waals surface area contributed by atoms with Gasteiger partial charge in [-0.05, 0) is 56.7 Å². The summed E-state index contributed by atoms with van der Waals surface area (Å²) < 4.78 is 13.3. The second-order valence-corrected chi connectivity index (χ2v) is 6.84. The van der Waals surface area contributed by atoms with Crippen LogP contribution in [-0.2, 0) is 0 Å². The number of aromatic nitrogens is 1. The smallest absolute Gasteiger partial charge is 0.267 e. The summed E-state index contributed by atoms with van der Waals surface area (Å²) in [5, 5.41) is 6.65. The Morgan fingerprint density at radius 3 is 2.40 bits per heavy atom. The summed E-state index contributed by atoms with van der Waals surface area (Å²) >= 11 is 1.28. The molecule has 4 nitrogen and oxygen atoms in total. The lowest BCUT2D eigenvalue weighted by molar-refractivity contribution is 0.103. The summed E-state index contributed by atoms with van der Waals surface area (Å²) in [4.78, 5) is 17.4. The standard InChI is InChI=1S/C19H18FN3OS/c1-11-4-6-14(7-5-11)23-19-21-13(3)17(25-19)18(24)22-15-8-9-16(20)12(2)10-15/h4-10H,1-3H3,(H,21,23)(H,22,24). The van der Waals surface area contributed by atoms with E-state index in [0.29, 0.717) is 27.0 Å². The number of nitrogens with zero attached hydrogens (tertiary/aromatic N) is 1. The maximum Gasteiger partial charge on any atom is 0.267 e. The molecule has 0 aliphatic rings. The number of carbonyl (C=O) groups is 1. The lowest BCUT2D eigenvalue weighted by Gasteiger charge is -2.05. The SMILES string of the molecule is Cc1ccc(Nc2nc(C)c(C(=O)Nc3ccc(F)c(C)c3)s2)cc1. The van der Waals surface area contributed by atoms with Crippen LogP contribution < -0.4 is 10.6 Å². The van der Waals surface area contributed by atoms with E-state index in [2.05, 4.69) is 15.6 Å².